The number of ether oxygens (including phenoxy) is 1. The molecule has 34 heavy (non-hydrogen) atoms. The maximum Gasteiger partial charge on any atom is 0.352 e. The molecule has 2 aliphatic rings. The van der Waals surface area contributed by atoms with Gasteiger partial charge in [0.05, 0.1) is 15.1 Å². The van der Waals surface area contributed by atoms with Gasteiger partial charge in [-0.15, -0.1) is 0 Å². The molecule has 2 bridgehead atoms. The number of carbonyl (C=O) groups excluding carboxylic acids is 1. The highest BCUT2D eigenvalue weighted by Crippen LogP contribution is 2.33. The van der Waals surface area contributed by atoms with E-state index in [1.807, 2.05) is 0 Å². The Kier molecular flexibility index (Phi) is 6.01. The van der Waals surface area contributed by atoms with Crippen molar-refractivity contribution in [2.75, 3.05) is 10.8 Å². The van der Waals surface area contributed by atoms with Gasteiger partial charge in [0.25, 0.3) is 10.0 Å². The van der Waals surface area contributed by atoms with E-state index in [-0.39, 0.29) is 22.0 Å². The van der Waals surface area contributed by atoms with Crippen LogP contribution < -0.4 is 13.2 Å². The fraction of sp³-hybridized carbons (Fsp3) is 0.100. The molecule has 0 amide bonds. The minimum absolute atomic E-state index is 0.00916. The molecule has 0 fully saturated rings. The summed E-state index contributed by atoms with van der Waals surface area (Å²) in [5.74, 6) is -1.85. The zero-order valence-electron chi connectivity index (χ0n) is 17.3. The smallest absolute Gasteiger partial charge is 0.352 e. The van der Waals surface area contributed by atoms with Crippen LogP contribution in [0.3, 0.4) is 0 Å². The molecule has 11 nitrogen and oxygen atoms in total. The maximum atomic E-state index is 13.0. The quantitative estimate of drug-likeness (QED) is 0.338. The number of carboxylic acids is 1. The second-order valence-electron chi connectivity index (χ2n) is 7.18. The van der Waals surface area contributed by atoms with Gasteiger partial charge >= 0.3 is 22.1 Å². The molecule has 0 saturated carbocycles. The van der Waals surface area contributed by atoms with Crippen LogP contribution in [0.5, 0.6) is 5.75 Å². The Morgan fingerprint density at radius 3 is 2.47 bits per heavy atom. The largest absolute Gasteiger partial charge is 0.477 e. The van der Waals surface area contributed by atoms with E-state index < -0.39 is 38.7 Å². The third-order valence-electron chi connectivity index (χ3n) is 4.99. The number of esters is 1. The molecule has 2 N–H and O–H groups in total. The average molecular weight is 570 g/mol. The Hall–Kier alpha value is -3.20. The van der Waals surface area contributed by atoms with E-state index in [1.165, 1.54) is 60.1 Å². The highest BCUT2D eigenvalue weighted by atomic mass is 79.9. The Morgan fingerprint density at radius 1 is 1.09 bits per heavy atom. The van der Waals surface area contributed by atoms with Gasteiger partial charge in [-0.2, -0.15) is 8.42 Å². The first-order chi connectivity index (χ1) is 15.9. The molecule has 3 aromatic rings. The van der Waals surface area contributed by atoms with Crippen molar-refractivity contribution >= 4 is 53.8 Å². The monoisotopic (exact) mass is 569 g/mol. The normalized spacial score (nSPS) is 13.9. The Bertz CT molecular complexity index is 1550. The number of hydrogen-bond acceptors (Lipinski definition) is 7. The first kappa shape index (κ1) is 23.9. The summed E-state index contributed by atoms with van der Waals surface area (Å²) >= 11 is 3.17. The van der Waals surface area contributed by atoms with Crippen molar-refractivity contribution in [2.24, 2.45) is 7.05 Å². The number of benzene rings is 2. The SMILES string of the molecule is Cn1c(C(=O)O)ccc1-c1cccc(S(=O)(=O)NS(=O)(=O)N2CC(=O)Oc3ccc2cc3Br)c1. The Balaban J connectivity index is 1.69. The summed E-state index contributed by atoms with van der Waals surface area (Å²) in [5, 5.41) is 9.23. The van der Waals surface area contributed by atoms with E-state index in [0.29, 0.717) is 20.0 Å². The van der Waals surface area contributed by atoms with E-state index in [9.17, 15) is 31.5 Å². The number of fused-ring (bicyclic) bond motifs is 5. The Morgan fingerprint density at radius 2 is 1.82 bits per heavy atom. The summed E-state index contributed by atoms with van der Waals surface area (Å²) in [6.45, 7) is -0.744. The van der Waals surface area contributed by atoms with Crippen LogP contribution in [0.2, 0.25) is 0 Å². The van der Waals surface area contributed by atoms with Crippen molar-refractivity contribution in [1.82, 2.24) is 8.69 Å². The lowest BCUT2D eigenvalue weighted by Crippen LogP contribution is -2.47. The number of aromatic nitrogens is 1. The van der Waals surface area contributed by atoms with Crippen molar-refractivity contribution in [3.8, 4) is 17.0 Å². The third-order valence-corrected chi connectivity index (χ3v) is 9.12. The van der Waals surface area contributed by atoms with Crippen LogP contribution in [0.25, 0.3) is 11.3 Å². The zero-order chi connectivity index (χ0) is 24.8. The lowest BCUT2D eigenvalue weighted by atomic mass is 10.1. The highest BCUT2D eigenvalue weighted by Gasteiger charge is 2.33. The zero-order valence-corrected chi connectivity index (χ0v) is 20.5. The predicted molar refractivity (Wildman–Crippen MR) is 124 cm³/mol. The predicted octanol–water partition coefficient (Wildman–Crippen LogP) is 2.10. The third kappa shape index (κ3) is 4.44. The first-order valence-electron chi connectivity index (χ1n) is 9.45. The molecular weight excluding hydrogens is 554 g/mol. The molecule has 0 saturated heterocycles. The minimum Gasteiger partial charge on any atom is -0.477 e. The number of halogens is 1. The molecule has 0 atom stereocenters. The van der Waals surface area contributed by atoms with Crippen LogP contribution >= 0.6 is 15.9 Å². The van der Waals surface area contributed by atoms with Gasteiger partial charge in [0.2, 0.25) is 0 Å². The molecule has 2 aromatic carbocycles. The van der Waals surface area contributed by atoms with Crippen LogP contribution in [0.15, 0.2) is 64.0 Å². The molecule has 0 aliphatic carbocycles. The van der Waals surface area contributed by atoms with Gasteiger partial charge in [-0.3, -0.25) is 0 Å². The van der Waals surface area contributed by atoms with E-state index in [2.05, 4.69) is 15.9 Å². The van der Waals surface area contributed by atoms with Gasteiger partial charge in [-0.1, -0.05) is 16.3 Å². The van der Waals surface area contributed by atoms with Crippen LogP contribution in [-0.4, -0.2) is 45.0 Å². The fourth-order valence-electron chi connectivity index (χ4n) is 3.39. The summed E-state index contributed by atoms with van der Waals surface area (Å²) in [6.07, 6.45) is 0. The average Bonchev–Trinajstić information content (AvgIpc) is 3.13. The van der Waals surface area contributed by atoms with Crippen molar-refractivity contribution < 1.29 is 36.3 Å². The molecular formula is C20H16BrN3O8S2. The van der Waals surface area contributed by atoms with Crippen molar-refractivity contribution in [3.05, 3.63) is 64.8 Å². The van der Waals surface area contributed by atoms with Gasteiger partial charge in [0, 0.05) is 12.7 Å². The van der Waals surface area contributed by atoms with Crippen molar-refractivity contribution in [2.45, 2.75) is 4.90 Å². The van der Waals surface area contributed by atoms with E-state index >= 15 is 0 Å². The number of sulfonamides is 1. The Labute approximate surface area is 202 Å². The van der Waals surface area contributed by atoms with Crippen LogP contribution in [-0.2, 0) is 32.1 Å². The van der Waals surface area contributed by atoms with Crippen LogP contribution in [0.1, 0.15) is 10.5 Å². The number of anilines is 1. The first-order valence-corrected chi connectivity index (χ1v) is 13.2. The lowest BCUT2D eigenvalue weighted by molar-refractivity contribution is -0.132. The molecule has 0 unspecified atom stereocenters. The molecule has 14 heteroatoms. The molecule has 1 aromatic heterocycles. The second kappa shape index (κ2) is 8.54. The summed E-state index contributed by atoms with van der Waals surface area (Å²) < 4.78 is 61.0. The molecule has 0 radical (unpaired) electrons. The van der Waals surface area contributed by atoms with Crippen LogP contribution in [0.4, 0.5) is 5.69 Å². The van der Waals surface area contributed by atoms with E-state index in [4.69, 9.17) is 4.74 Å². The molecule has 2 aliphatic heterocycles. The number of nitrogens with one attached hydrogen (secondary N) is 1. The number of carboxylic acid groups (broad SMARTS) is 1. The van der Waals surface area contributed by atoms with Crippen molar-refractivity contribution in [3.63, 3.8) is 0 Å². The number of aromatic carboxylic acids is 1. The summed E-state index contributed by atoms with van der Waals surface area (Å²) in [7, 11) is -7.88. The second-order valence-corrected chi connectivity index (χ2v) is 11.6. The molecule has 178 valence electrons. The summed E-state index contributed by atoms with van der Waals surface area (Å²) in [6, 6.07) is 12.4. The van der Waals surface area contributed by atoms with Gasteiger partial charge < -0.3 is 14.4 Å². The topological polar surface area (TPSA) is 152 Å². The molecule has 3 heterocycles. The summed E-state index contributed by atoms with van der Waals surface area (Å²) in [5.41, 5.74) is 0.803. The van der Waals surface area contributed by atoms with Crippen LogP contribution in [0, 0.1) is 0 Å². The maximum absolute atomic E-state index is 13.0. The van der Waals surface area contributed by atoms with E-state index in [1.54, 1.807) is 10.2 Å². The van der Waals surface area contributed by atoms with Gasteiger partial charge in [0.1, 0.15) is 18.0 Å². The standard InChI is InChI=1S/C20H16BrN3O8S2/c1-23-16(6-7-17(23)20(26)27)12-3-2-4-14(9-12)33(28,29)22-34(30,31)24-11-19(25)32-18-8-5-13(24)10-15(18)21/h2-10,22H,11H2,1H3,(H,26,27). The molecule has 0 spiro atoms. The van der Waals surface area contributed by atoms with Crippen molar-refractivity contribution in [1.29, 1.82) is 0 Å². The van der Waals surface area contributed by atoms with Gasteiger partial charge in [-0.25, -0.2) is 22.3 Å². The van der Waals surface area contributed by atoms with E-state index in [0.717, 1.165) is 0 Å². The number of carbonyl (C=O) groups is 2. The number of hydrogen-bond donors (Lipinski definition) is 2. The molecule has 5 rings (SSSR count). The summed E-state index contributed by atoms with van der Waals surface area (Å²) in [4.78, 5) is 23.0. The number of nitrogens with zero attached hydrogens (tertiary/aromatic N) is 2. The van der Waals surface area contributed by atoms with Gasteiger partial charge in [0.15, 0.2) is 0 Å². The minimum atomic E-state index is -4.77. The highest BCUT2D eigenvalue weighted by molar-refractivity contribution is 9.10. The van der Waals surface area contributed by atoms with Gasteiger partial charge in [-0.05, 0) is 64.0 Å². The lowest BCUT2D eigenvalue weighted by Gasteiger charge is -2.26. The fourth-order valence-corrected chi connectivity index (χ4v) is 6.89. The number of rotatable bonds is 6.